The zero-order valence-electron chi connectivity index (χ0n) is 24.9. The number of sulfone groups is 1. The maximum absolute atomic E-state index is 14.1. The molecule has 1 amide bonds. The maximum Gasteiger partial charge on any atom is 0.255 e. The first-order valence-corrected chi connectivity index (χ1v) is 16.8. The summed E-state index contributed by atoms with van der Waals surface area (Å²) in [5, 5.41) is 13.2. The average Bonchev–Trinajstić information content (AvgIpc) is 3.30. The van der Waals surface area contributed by atoms with Gasteiger partial charge < -0.3 is 15.3 Å². The summed E-state index contributed by atoms with van der Waals surface area (Å²) < 4.78 is 68.7. The van der Waals surface area contributed by atoms with Gasteiger partial charge in [0.15, 0.2) is 27.3 Å². The van der Waals surface area contributed by atoms with E-state index < -0.39 is 44.0 Å². The normalized spacial score (nSPS) is 24.3. The third-order valence-electron chi connectivity index (χ3n) is 9.44. The van der Waals surface area contributed by atoms with Crippen molar-refractivity contribution in [2.45, 2.75) is 61.8 Å². The van der Waals surface area contributed by atoms with Gasteiger partial charge in [0.05, 0.1) is 27.4 Å². The third kappa shape index (κ3) is 7.07. The van der Waals surface area contributed by atoms with E-state index in [4.69, 9.17) is 16.4 Å². The molecule has 2 aliphatic rings. The van der Waals surface area contributed by atoms with Crippen molar-refractivity contribution in [3.8, 4) is 0 Å². The molecule has 0 radical (unpaired) electrons. The minimum absolute atomic E-state index is 0.0153. The Morgan fingerprint density at radius 3 is 2.27 bits per heavy atom. The minimum Gasteiger partial charge on any atom is -0.390 e. The van der Waals surface area contributed by atoms with Gasteiger partial charge in [-0.15, -0.1) is 0 Å². The van der Waals surface area contributed by atoms with E-state index in [2.05, 4.69) is 10.8 Å². The first-order chi connectivity index (χ1) is 21.3. The van der Waals surface area contributed by atoms with E-state index in [1.807, 2.05) is 44.2 Å². The lowest BCUT2D eigenvalue weighted by Crippen LogP contribution is -2.51. The Hall–Kier alpha value is -2.96. The highest BCUT2D eigenvalue weighted by molar-refractivity contribution is 7.92. The summed E-state index contributed by atoms with van der Waals surface area (Å²) in [5.41, 5.74) is 2.53. The monoisotopic (exact) mass is 664 g/mol. The second kappa shape index (κ2) is 13.4. The molecule has 7 nitrogen and oxygen atoms in total. The number of carbonyl (C=O) groups excluding carboxylic acids is 1. The van der Waals surface area contributed by atoms with Gasteiger partial charge in [0.25, 0.3) is 5.91 Å². The number of hydrogen-bond acceptors (Lipinski definition) is 6. The molecule has 0 aromatic heterocycles. The standard InChI is InChI=1S/C33H36ClF3N2O5S/c1-19(18-44-38-17-21-6-4-3-5-7-21)20(2)33(41)15-23-8-9-24(16-33)31(23)45(42,43)29-12-22(10-11-26(29)34)32(40)39-25-13-27(35)30(37)28(36)14-25/h3-7,10-14,19-20,23-24,31,38,41H,8-9,15-18H2,1-2H3,(H,39,40)/t19?,20?,23-,24?,31?,33?/m1/s1. The molecule has 3 aromatic carbocycles. The second-order valence-electron chi connectivity index (χ2n) is 12.4. The van der Waals surface area contributed by atoms with Crippen LogP contribution in [0.2, 0.25) is 5.02 Å². The fourth-order valence-electron chi connectivity index (χ4n) is 6.88. The molecule has 0 saturated heterocycles. The van der Waals surface area contributed by atoms with E-state index in [1.54, 1.807) is 0 Å². The number of fused-ring (bicyclic) bond motifs is 2. The molecule has 2 saturated carbocycles. The van der Waals surface area contributed by atoms with E-state index in [-0.39, 0.29) is 44.8 Å². The van der Waals surface area contributed by atoms with Gasteiger partial charge in [0, 0.05) is 29.9 Å². The predicted molar refractivity (Wildman–Crippen MR) is 165 cm³/mol. The number of rotatable bonds is 11. The van der Waals surface area contributed by atoms with E-state index >= 15 is 0 Å². The molecular formula is C33H36ClF3N2O5S. The summed E-state index contributed by atoms with van der Waals surface area (Å²) in [5.74, 6) is -6.29. The summed E-state index contributed by atoms with van der Waals surface area (Å²) in [4.78, 5) is 18.4. The van der Waals surface area contributed by atoms with Gasteiger partial charge in [-0.2, -0.15) is 5.48 Å². The SMILES string of the molecule is CC(CONCc1ccccc1)C(C)C1(O)CC2CC[C@H](C1)C2S(=O)(=O)c1cc(C(=O)Nc2cc(F)c(F)c(F)c2)ccc1Cl. The quantitative estimate of drug-likeness (QED) is 0.120. The van der Waals surface area contributed by atoms with Crippen LogP contribution in [-0.2, 0) is 21.2 Å². The van der Waals surface area contributed by atoms with Crippen molar-refractivity contribution in [2.24, 2.45) is 23.7 Å². The van der Waals surface area contributed by atoms with Crippen LogP contribution >= 0.6 is 11.6 Å². The molecule has 45 heavy (non-hydrogen) atoms. The molecule has 5 rings (SSSR count). The zero-order valence-corrected chi connectivity index (χ0v) is 26.5. The first kappa shape index (κ1) is 33.4. The topological polar surface area (TPSA) is 105 Å². The Bertz CT molecular complexity index is 1620. The summed E-state index contributed by atoms with van der Waals surface area (Å²) in [6.07, 6.45) is 1.87. The van der Waals surface area contributed by atoms with Crippen molar-refractivity contribution in [2.75, 3.05) is 11.9 Å². The van der Waals surface area contributed by atoms with Crippen LogP contribution in [-0.4, -0.2) is 36.9 Å². The number of carbonyl (C=O) groups is 1. The van der Waals surface area contributed by atoms with Crippen LogP contribution in [0.25, 0.3) is 0 Å². The number of benzene rings is 3. The van der Waals surface area contributed by atoms with E-state index in [1.165, 1.54) is 12.1 Å². The molecular weight excluding hydrogens is 629 g/mol. The van der Waals surface area contributed by atoms with E-state index in [0.717, 1.165) is 11.6 Å². The van der Waals surface area contributed by atoms with Crippen molar-refractivity contribution in [3.05, 3.63) is 94.3 Å². The molecule has 0 aliphatic heterocycles. The Morgan fingerprint density at radius 1 is 1.02 bits per heavy atom. The first-order valence-electron chi connectivity index (χ1n) is 14.9. The number of amides is 1. The van der Waals surface area contributed by atoms with Gasteiger partial charge >= 0.3 is 0 Å². The van der Waals surface area contributed by atoms with Crippen molar-refractivity contribution in [3.63, 3.8) is 0 Å². The predicted octanol–water partition coefficient (Wildman–Crippen LogP) is 6.70. The highest BCUT2D eigenvalue weighted by Crippen LogP contribution is 2.54. The second-order valence-corrected chi connectivity index (χ2v) is 14.8. The third-order valence-corrected chi connectivity index (χ3v) is 12.3. The molecule has 0 heterocycles. The average molecular weight is 665 g/mol. The molecule has 6 atom stereocenters. The number of halogens is 4. The van der Waals surface area contributed by atoms with Crippen molar-refractivity contribution in [1.82, 2.24) is 5.48 Å². The Labute approximate surface area is 266 Å². The van der Waals surface area contributed by atoms with Crippen LogP contribution in [0.1, 0.15) is 55.5 Å². The molecule has 3 N–H and O–H groups in total. The van der Waals surface area contributed by atoms with Crippen molar-refractivity contribution < 1.29 is 36.3 Å². The van der Waals surface area contributed by atoms with Crippen LogP contribution in [0, 0.1) is 41.1 Å². The van der Waals surface area contributed by atoms with Crippen LogP contribution in [0.5, 0.6) is 0 Å². The fraction of sp³-hybridized carbons (Fsp3) is 0.424. The fourth-order valence-corrected chi connectivity index (χ4v) is 9.73. The van der Waals surface area contributed by atoms with Crippen LogP contribution in [0.3, 0.4) is 0 Å². The molecule has 242 valence electrons. The molecule has 0 spiro atoms. The molecule has 2 aliphatic carbocycles. The Kier molecular flexibility index (Phi) is 9.96. The largest absolute Gasteiger partial charge is 0.390 e. The highest BCUT2D eigenvalue weighted by Gasteiger charge is 2.56. The van der Waals surface area contributed by atoms with Gasteiger partial charge in [-0.05, 0) is 73.1 Å². The van der Waals surface area contributed by atoms with Gasteiger partial charge in [0.1, 0.15) is 0 Å². The number of aliphatic hydroxyl groups is 1. The molecule has 2 bridgehead atoms. The summed E-state index contributed by atoms with van der Waals surface area (Å²) >= 11 is 6.37. The zero-order chi connectivity index (χ0) is 32.5. The number of nitrogens with one attached hydrogen (secondary N) is 2. The van der Waals surface area contributed by atoms with Gasteiger partial charge in [-0.3, -0.25) is 4.79 Å². The van der Waals surface area contributed by atoms with E-state index in [9.17, 15) is 31.5 Å². The lowest BCUT2D eigenvalue weighted by atomic mass is 9.68. The van der Waals surface area contributed by atoms with Gasteiger partial charge in [-0.25, -0.2) is 21.6 Å². The number of anilines is 1. The minimum atomic E-state index is -4.04. The van der Waals surface area contributed by atoms with Crippen LogP contribution in [0.4, 0.5) is 18.9 Å². The number of hydroxylamine groups is 1. The lowest BCUT2D eigenvalue weighted by Gasteiger charge is -2.46. The Balaban J connectivity index is 1.26. The van der Waals surface area contributed by atoms with Gasteiger partial charge in [0.2, 0.25) is 0 Å². The van der Waals surface area contributed by atoms with Gasteiger partial charge in [-0.1, -0.05) is 55.8 Å². The molecule has 5 unspecified atom stereocenters. The van der Waals surface area contributed by atoms with Crippen LogP contribution in [0.15, 0.2) is 65.6 Å². The van der Waals surface area contributed by atoms with Crippen molar-refractivity contribution >= 4 is 33.0 Å². The summed E-state index contributed by atoms with van der Waals surface area (Å²) in [6, 6.07) is 14.8. The Morgan fingerprint density at radius 2 is 1.64 bits per heavy atom. The number of hydrogen-bond donors (Lipinski definition) is 3. The van der Waals surface area contributed by atoms with E-state index in [0.29, 0.717) is 51.0 Å². The maximum atomic E-state index is 14.1. The summed E-state index contributed by atoms with van der Waals surface area (Å²) in [7, 11) is -4.04. The molecule has 2 fully saturated rings. The smallest absolute Gasteiger partial charge is 0.255 e. The highest BCUT2D eigenvalue weighted by atomic mass is 35.5. The summed E-state index contributed by atoms with van der Waals surface area (Å²) in [6.45, 7) is 4.89. The van der Waals surface area contributed by atoms with Crippen molar-refractivity contribution in [1.29, 1.82) is 0 Å². The lowest BCUT2D eigenvalue weighted by molar-refractivity contribution is -0.0959. The molecule has 3 aromatic rings. The van der Waals surface area contributed by atoms with Crippen LogP contribution < -0.4 is 10.8 Å². The molecule has 12 heteroatoms.